The van der Waals surface area contributed by atoms with E-state index in [1.165, 1.54) is 0 Å². The summed E-state index contributed by atoms with van der Waals surface area (Å²) in [6.07, 6.45) is 3.73. The second-order valence-electron chi connectivity index (χ2n) is 1.18. The van der Waals surface area contributed by atoms with E-state index in [1.54, 1.807) is 0 Å². The van der Waals surface area contributed by atoms with Crippen LogP contribution in [0.25, 0.3) is 0 Å². The van der Waals surface area contributed by atoms with Gasteiger partial charge in [-0.15, -0.1) is 0 Å². The van der Waals surface area contributed by atoms with Crippen LogP contribution < -0.4 is 10.6 Å². The molecule has 0 saturated heterocycles. The monoisotopic (exact) mass is 130 g/mol. The standard InChI is InChI=1S/C5H12N2.C2H6/c1-3-7-5-4-6-2;1-2/h4-7H,3H2,1-2H3;1-2H3/b5-4-;. The fourth-order valence-corrected chi connectivity index (χ4v) is 0.260. The van der Waals surface area contributed by atoms with E-state index in [0.29, 0.717) is 0 Å². The Morgan fingerprint density at radius 3 is 2.11 bits per heavy atom. The van der Waals surface area contributed by atoms with Crippen molar-refractivity contribution in [2.75, 3.05) is 13.6 Å². The van der Waals surface area contributed by atoms with Crippen molar-refractivity contribution in [2.24, 2.45) is 0 Å². The summed E-state index contributed by atoms with van der Waals surface area (Å²) in [5, 5.41) is 5.87. The topological polar surface area (TPSA) is 24.1 Å². The van der Waals surface area contributed by atoms with Crippen LogP contribution in [0, 0.1) is 0 Å². The zero-order chi connectivity index (χ0) is 7.54. The van der Waals surface area contributed by atoms with Crippen molar-refractivity contribution in [2.45, 2.75) is 20.8 Å². The minimum atomic E-state index is 0.984. The van der Waals surface area contributed by atoms with Crippen LogP contribution in [-0.4, -0.2) is 13.6 Å². The largest absolute Gasteiger partial charge is 0.393 e. The molecule has 0 radical (unpaired) electrons. The summed E-state index contributed by atoms with van der Waals surface area (Å²) in [4.78, 5) is 0. The van der Waals surface area contributed by atoms with E-state index in [9.17, 15) is 0 Å². The minimum absolute atomic E-state index is 0.984. The van der Waals surface area contributed by atoms with Gasteiger partial charge in [-0.1, -0.05) is 13.8 Å². The highest BCUT2D eigenvalue weighted by Gasteiger charge is 1.61. The second-order valence-corrected chi connectivity index (χ2v) is 1.18. The van der Waals surface area contributed by atoms with E-state index in [1.807, 2.05) is 33.3 Å². The number of rotatable bonds is 3. The fraction of sp³-hybridized carbons (Fsp3) is 0.714. The zero-order valence-corrected chi connectivity index (χ0v) is 6.86. The Kier molecular flexibility index (Phi) is 19.5. The Morgan fingerprint density at radius 2 is 1.78 bits per heavy atom. The average molecular weight is 130 g/mol. The summed E-state index contributed by atoms with van der Waals surface area (Å²) < 4.78 is 0. The van der Waals surface area contributed by atoms with Gasteiger partial charge in [-0.25, -0.2) is 0 Å². The van der Waals surface area contributed by atoms with Gasteiger partial charge in [0.25, 0.3) is 0 Å². The van der Waals surface area contributed by atoms with Gasteiger partial charge in [0.15, 0.2) is 0 Å². The van der Waals surface area contributed by atoms with Crippen LogP contribution in [0.2, 0.25) is 0 Å². The molecular formula is C7H18N2. The van der Waals surface area contributed by atoms with Gasteiger partial charge < -0.3 is 10.6 Å². The summed E-state index contributed by atoms with van der Waals surface area (Å²) in [5.41, 5.74) is 0. The molecule has 0 aromatic heterocycles. The maximum absolute atomic E-state index is 3.01. The van der Waals surface area contributed by atoms with Crippen molar-refractivity contribution in [3.8, 4) is 0 Å². The molecule has 0 aromatic carbocycles. The normalized spacial score (nSPS) is 8.00. The molecule has 2 N–H and O–H groups in total. The number of hydrogen-bond acceptors (Lipinski definition) is 2. The molecule has 0 bridgehead atoms. The van der Waals surface area contributed by atoms with Gasteiger partial charge in [0, 0.05) is 26.0 Å². The maximum atomic E-state index is 3.01. The lowest BCUT2D eigenvalue weighted by molar-refractivity contribution is 0.904. The first kappa shape index (κ1) is 11.2. The molecule has 0 heterocycles. The summed E-state index contributed by atoms with van der Waals surface area (Å²) in [6.45, 7) is 7.04. The van der Waals surface area contributed by atoms with Crippen molar-refractivity contribution in [1.82, 2.24) is 10.6 Å². The quantitative estimate of drug-likeness (QED) is 0.602. The van der Waals surface area contributed by atoms with E-state index in [4.69, 9.17) is 0 Å². The Balaban J connectivity index is 0. The lowest BCUT2D eigenvalue weighted by atomic mass is 10.7. The van der Waals surface area contributed by atoms with E-state index >= 15 is 0 Å². The molecule has 0 spiro atoms. The van der Waals surface area contributed by atoms with E-state index in [-0.39, 0.29) is 0 Å². The smallest absolute Gasteiger partial charge is 0.0124 e. The summed E-state index contributed by atoms with van der Waals surface area (Å²) in [7, 11) is 1.87. The third kappa shape index (κ3) is 18.8. The molecule has 2 heteroatoms. The van der Waals surface area contributed by atoms with Crippen LogP contribution in [0.3, 0.4) is 0 Å². The van der Waals surface area contributed by atoms with Gasteiger partial charge in [-0.05, 0) is 6.92 Å². The van der Waals surface area contributed by atoms with Gasteiger partial charge in [-0.3, -0.25) is 0 Å². The molecule has 56 valence electrons. The molecule has 0 saturated carbocycles. The molecule has 0 amide bonds. The van der Waals surface area contributed by atoms with Crippen LogP contribution in [0.1, 0.15) is 20.8 Å². The summed E-state index contributed by atoms with van der Waals surface area (Å²) >= 11 is 0. The Bertz CT molecular complexity index is 50.9. The third-order valence-electron chi connectivity index (χ3n) is 0.572. The van der Waals surface area contributed by atoms with Gasteiger partial charge in [0.2, 0.25) is 0 Å². The Labute approximate surface area is 58.3 Å². The van der Waals surface area contributed by atoms with Crippen molar-refractivity contribution < 1.29 is 0 Å². The highest BCUT2D eigenvalue weighted by atomic mass is 14.9. The lowest BCUT2D eigenvalue weighted by Gasteiger charge is -1.89. The lowest BCUT2D eigenvalue weighted by Crippen LogP contribution is -2.04. The minimum Gasteiger partial charge on any atom is -0.393 e. The van der Waals surface area contributed by atoms with Gasteiger partial charge in [-0.2, -0.15) is 0 Å². The van der Waals surface area contributed by atoms with E-state index in [2.05, 4.69) is 17.6 Å². The van der Waals surface area contributed by atoms with Crippen LogP contribution in [-0.2, 0) is 0 Å². The van der Waals surface area contributed by atoms with Crippen molar-refractivity contribution in [3.63, 3.8) is 0 Å². The number of nitrogens with one attached hydrogen (secondary N) is 2. The zero-order valence-electron chi connectivity index (χ0n) is 6.86. The Morgan fingerprint density at radius 1 is 1.22 bits per heavy atom. The molecule has 0 fully saturated rings. The van der Waals surface area contributed by atoms with Crippen LogP contribution in [0.15, 0.2) is 12.4 Å². The van der Waals surface area contributed by atoms with Gasteiger partial charge in [0.1, 0.15) is 0 Å². The first-order valence-corrected chi connectivity index (χ1v) is 3.47. The van der Waals surface area contributed by atoms with Gasteiger partial charge in [0.05, 0.1) is 0 Å². The second kappa shape index (κ2) is 15.7. The van der Waals surface area contributed by atoms with Crippen LogP contribution >= 0.6 is 0 Å². The van der Waals surface area contributed by atoms with Gasteiger partial charge >= 0.3 is 0 Å². The molecule has 0 aromatic rings. The highest BCUT2D eigenvalue weighted by molar-refractivity contribution is 4.73. The predicted octanol–water partition coefficient (Wildman–Crippen LogP) is 1.31. The Hall–Kier alpha value is -0.660. The van der Waals surface area contributed by atoms with Crippen molar-refractivity contribution >= 4 is 0 Å². The molecule has 0 atom stereocenters. The SMILES string of the molecule is CC.CCN/C=C\NC. The summed E-state index contributed by atoms with van der Waals surface area (Å²) in [6, 6.07) is 0. The highest BCUT2D eigenvalue weighted by Crippen LogP contribution is 1.55. The molecular weight excluding hydrogens is 112 g/mol. The molecule has 0 aliphatic rings. The van der Waals surface area contributed by atoms with E-state index < -0.39 is 0 Å². The summed E-state index contributed by atoms with van der Waals surface area (Å²) in [5.74, 6) is 0. The maximum Gasteiger partial charge on any atom is 0.0124 e. The molecule has 0 aliphatic heterocycles. The molecule has 9 heavy (non-hydrogen) atoms. The molecule has 0 aliphatic carbocycles. The fourth-order valence-electron chi connectivity index (χ4n) is 0.260. The number of hydrogen-bond donors (Lipinski definition) is 2. The van der Waals surface area contributed by atoms with E-state index in [0.717, 1.165) is 6.54 Å². The molecule has 0 rings (SSSR count). The first-order valence-electron chi connectivity index (χ1n) is 3.47. The first-order chi connectivity index (χ1) is 4.41. The van der Waals surface area contributed by atoms with Crippen molar-refractivity contribution in [1.29, 1.82) is 0 Å². The molecule has 2 nitrogen and oxygen atoms in total. The average Bonchev–Trinajstić information content (AvgIpc) is 1.94. The third-order valence-corrected chi connectivity index (χ3v) is 0.572. The van der Waals surface area contributed by atoms with Crippen LogP contribution in [0.4, 0.5) is 0 Å². The predicted molar refractivity (Wildman–Crippen MR) is 43.2 cm³/mol. The molecule has 0 unspecified atom stereocenters. The van der Waals surface area contributed by atoms with Crippen molar-refractivity contribution in [3.05, 3.63) is 12.4 Å². The van der Waals surface area contributed by atoms with Crippen LogP contribution in [0.5, 0.6) is 0 Å².